The highest BCUT2D eigenvalue weighted by Crippen LogP contribution is 2.37. The maximum Gasteiger partial charge on any atom is 0.0572 e. The predicted molar refractivity (Wildman–Crippen MR) is 74.5 cm³/mol. The molecule has 0 aliphatic heterocycles. The van der Waals surface area contributed by atoms with Crippen molar-refractivity contribution in [1.82, 2.24) is 4.98 Å². The Morgan fingerprint density at radius 1 is 1.33 bits per heavy atom. The average molecular weight is 245 g/mol. The molecule has 2 saturated carbocycles. The zero-order chi connectivity index (χ0) is 12.5. The standard InChI is InChI=1S/C15H23N3/c1-2-14(16)15-8-7-13(9-17-15)18(12-5-6-12)10-11-3-4-11/h7-9,11-12,14H,2-6,10,16H2,1H3/t14-/m0/s1. The summed E-state index contributed by atoms with van der Waals surface area (Å²) in [4.78, 5) is 7.10. The van der Waals surface area contributed by atoms with Gasteiger partial charge in [-0.15, -0.1) is 0 Å². The van der Waals surface area contributed by atoms with Crippen LogP contribution in [0.15, 0.2) is 18.3 Å². The van der Waals surface area contributed by atoms with Crippen molar-refractivity contribution in [2.24, 2.45) is 11.7 Å². The van der Waals surface area contributed by atoms with Gasteiger partial charge in [-0.05, 0) is 50.2 Å². The first-order valence-corrected chi connectivity index (χ1v) is 7.26. The quantitative estimate of drug-likeness (QED) is 0.838. The Hall–Kier alpha value is -1.09. The molecule has 1 heterocycles. The fourth-order valence-electron chi connectivity index (χ4n) is 2.43. The van der Waals surface area contributed by atoms with Gasteiger partial charge in [0.1, 0.15) is 0 Å². The number of hydrogen-bond donors (Lipinski definition) is 1. The molecule has 1 aromatic heterocycles. The molecule has 0 bridgehead atoms. The van der Waals surface area contributed by atoms with Crippen molar-refractivity contribution >= 4 is 5.69 Å². The number of hydrogen-bond acceptors (Lipinski definition) is 3. The largest absolute Gasteiger partial charge is 0.367 e. The second kappa shape index (κ2) is 4.88. The Balaban J connectivity index is 1.72. The van der Waals surface area contributed by atoms with E-state index < -0.39 is 0 Å². The molecule has 3 rings (SSSR count). The van der Waals surface area contributed by atoms with Gasteiger partial charge >= 0.3 is 0 Å². The van der Waals surface area contributed by atoms with Crippen molar-refractivity contribution in [2.75, 3.05) is 11.4 Å². The van der Waals surface area contributed by atoms with Crippen LogP contribution in [-0.4, -0.2) is 17.6 Å². The Morgan fingerprint density at radius 2 is 2.11 bits per heavy atom. The van der Waals surface area contributed by atoms with E-state index in [0.717, 1.165) is 24.1 Å². The van der Waals surface area contributed by atoms with Crippen LogP contribution in [0.3, 0.4) is 0 Å². The van der Waals surface area contributed by atoms with Gasteiger partial charge in [-0.2, -0.15) is 0 Å². The summed E-state index contributed by atoms with van der Waals surface area (Å²) in [6.45, 7) is 3.33. The summed E-state index contributed by atoms with van der Waals surface area (Å²) in [6, 6.07) is 5.17. The van der Waals surface area contributed by atoms with Gasteiger partial charge in [0.05, 0.1) is 17.6 Å². The summed E-state index contributed by atoms with van der Waals surface area (Å²) in [5, 5.41) is 0. The molecule has 1 aromatic rings. The molecule has 0 saturated heterocycles. The Morgan fingerprint density at radius 3 is 2.61 bits per heavy atom. The van der Waals surface area contributed by atoms with Crippen LogP contribution in [0.1, 0.15) is 50.8 Å². The number of aromatic nitrogens is 1. The molecule has 2 fully saturated rings. The molecule has 2 aliphatic carbocycles. The van der Waals surface area contributed by atoms with Gasteiger partial charge in [0.25, 0.3) is 0 Å². The van der Waals surface area contributed by atoms with Gasteiger partial charge in [-0.3, -0.25) is 4.98 Å². The minimum absolute atomic E-state index is 0.0804. The summed E-state index contributed by atoms with van der Waals surface area (Å²) in [6.07, 6.45) is 8.49. The summed E-state index contributed by atoms with van der Waals surface area (Å²) in [7, 11) is 0. The molecule has 3 nitrogen and oxygen atoms in total. The van der Waals surface area contributed by atoms with Crippen LogP contribution in [0.2, 0.25) is 0 Å². The minimum Gasteiger partial charge on any atom is -0.367 e. The van der Waals surface area contributed by atoms with Crippen LogP contribution >= 0.6 is 0 Å². The predicted octanol–water partition coefficient (Wildman–Crippen LogP) is 2.87. The molecule has 0 aromatic carbocycles. The Kier molecular flexibility index (Phi) is 3.25. The topological polar surface area (TPSA) is 42.1 Å². The highest BCUT2D eigenvalue weighted by atomic mass is 15.2. The Labute approximate surface area is 109 Å². The number of rotatable bonds is 6. The van der Waals surface area contributed by atoms with Gasteiger partial charge in [-0.1, -0.05) is 6.92 Å². The van der Waals surface area contributed by atoms with E-state index in [0.29, 0.717) is 0 Å². The molecule has 2 N–H and O–H groups in total. The van der Waals surface area contributed by atoms with Gasteiger partial charge < -0.3 is 10.6 Å². The normalized spacial score (nSPS) is 20.8. The zero-order valence-corrected chi connectivity index (χ0v) is 11.2. The first-order chi connectivity index (χ1) is 8.78. The van der Waals surface area contributed by atoms with Crippen molar-refractivity contribution in [1.29, 1.82) is 0 Å². The van der Waals surface area contributed by atoms with E-state index >= 15 is 0 Å². The third-order valence-electron chi connectivity index (χ3n) is 4.06. The van der Waals surface area contributed by atoms with E-state index in [1.165, 1.54) is 37.9 Å². The zero-order valence-electron chi connectivity index (χ0n) is 11.2. The van der Waals surface area contributed by atoms with E-state index in [9.17, 15) is 0 Å². The van der Waals surface area contributed by atoms with Crippen molar-refractivity contribution in [3.8, 4) is 0 Å². The minimum atomic E-state index is 0.0804. The highest BCUT2D eigenvalue weighted by Gasteiger charge is 2.33. The lowest BCUT2D eigenvalue weighted by atomic mass is 10.1. The molecule has 1 atom stereocenters. The summed E-state index contributed by atoms with van der Waals surface area (Å²) in [5.41, 5.74) is 8.31. The van der Waals surface area contributed by atoms with Gasteiger partial charge in [-0.25, -0.2) is 0 Å². The molecule has 98 valence electrons. The Bertz CT molecular complexity index is 393. The molecule has 0 radical (unpaired) electrons. The van der Waals surface area contributed by atoms with Crippen LogP contribution in [0.25, 0.3) is 0 Å². The van der Waals surface area contributed by atoms with Crippen LogP contribution < -0.4 is 10.6 Å². The van der Waals surface area contributed by atoms with E-state index in [2.05, 4.69) is 28.9 Å². The summed E-state index contributed by atoms with van der Waals surface area (Å²) >= 11 is 0. The van der Waals surface area contributed by atoms with Gasteiger partial charge in [0, 0.05) is 18.6 Å². The number of anilines is 1. The molecule has 2 aliphatic rings. The van der Waals surface area contributed by atoms with Gasteiger partial charge in [0.2, 0.25) is 0 Å². The number of nitrogens with two attached hydrogens (primary N) is 1. The third-order valence-corrected chi connectivity index (χ3v) is 4.06. The van der Waals surface area contributed by atoms with Crippen LogP contribution in [-0.2, 0) is 0 Å². The molecule has 0 amide bonds. The van der Waals surface area contributed by atoms with E-state index in [1.807, 2.05) is 6.20 Å². The lowest BCUT2D eigenvalue weighted by molar-refractivity contribution is 0.672. The maximum atomic E-state index is 6.01. The fourth-order valence-corrected chi connectivity index (χ4v) is 2.43. The SMILES string of the molecule is CC[C@H](N)c1ccc(N(CC2CC2)C2CC2)cn1. The van der Waals surface area contributed by atoms with Crippen molar-refractivity contribution in [3.63, 3.8) is 0 Å². The lowest BCUT2D eigenvalue weighted by Crippen LogP contribution is -2.28. The van der Waals surface area contributed by atoms with E-state index in [-0.39, 0.29) is 6.04 Å². The summed E-state index contributed by atoms with van der Waals surface area (Å²) < 4.78 is 0. The summed E-state index contributed by atoms with van der Waals surface area (Å²) in [5.74, 6) is 0.933. The molecule has 3 heteroatoms. The van der Waals surface area contributed by atoms with Crippen molar-refractivity contribution < 1.29 is 0 Å². The first kappa shape index (κ1) is 12.0. The third kappa shape index (κ3) is 2.66. The van der Waals surface area contributed by atoms with E-state index in [1.54, 1.807) is 0 Å². The van der Waals surface area contributed by atoms with Crippen LogP contribution in [0.4, 0.5) is 5.69 Å². The van der Waals surface area contributed by atoms with Crippen molar-refractivity contribution in [2.45, 2.75) is 51.1 Å². The number of nitrogens with zero attached hydrogens (tertiary/aromatic N) is 2. The molecular weight excluding hydrogens is 222 g/mol. The smallest absolute Gasteiger partial charge is 0.0572 e. The van der Waals surface area contributed by atoms with E-state index in [4.69, 9.17) is 5.73 Å². The van der Waals surface area contributed by atoms with Gasteiger partial charge in [0.15, 0.2) is 0 Å². The monoisotopic (exact) mass is 245 g/mol. The average Bonchev–Trinajstić information content (AvgIpc) is 3.28. The molecular formula is C15H23N3. The van der Waals surface area contributed by atoms with Crippen LogP contribution in [0.5, 0.6) is 0 Å². The molecule has 0 spiro atoms. The highest BCUT2D eigenvalue weighted by molar-refractivity contribution is 5.47. The molecule has 0 unspecified atom stereocenters. The van der Waals surface area contributed by atoms with Crippen molar-refractivity contribution in [3.05, 3.63) is 24.0 Å². The number of pyridine rings is 1. The maximum absolute atomic E-state index is 6.01. The lowest BCUT2D eigenvalue weighted by Gasteiger charge is -2.24. The van der Waals surface area contributed by atoms with Crippen LogP contribution in [0, 0.1) is 5.92 Å². The second-order valence-electron chi connectivity index (χ2n) is 5.78. The fraction of sp³-hybridized carbons (Fsp3) is 0.667. The second-order valence-corrected chi connectivity index (χ2v) is 5.78. The molecule has 18 heavy (non-hydrogen) atoms. The first-order valence-electron chi connectivity index (χ1n) is 7.26.